The van der Waals surface area contributed by atoms with Crippen LogP contribution in [0.25, 0.3) is 0 Å². The number of rotatable bonds is 10. The van der Waals surface area contributed by atoms with Crippen molar-refractivity contribution in [2.75, 3.05) is 13.2 Å². The third kappa shape index (κ3) is 5.67. The summed E-state index contributed by atoms with van der Waals surface area (Å²) in [4.78, 5) is 66.9. The van der Waals surface area contributed by atoms with Crippen LogP contribution in [0, 0.1) is 11.8 Å². The minimum atomic E-state index is -1.40. The number of Topliss-reactive ketones (excluding diaryl/α,β-unsaturated/α-hetero) is 1. The van der Waals surface area contributed by atoms with Crippen LogP contribution in [0.1, 0.15) is 50.4 Å². The number of ketones is 1. The van der Waals surface area contributed by atoms with Crippen molar-refractivity contribution in [1.82, 2.24) is 9.80 Å². The number of benzene rings is 1. The van der Waals surface area contributed by atoms with Crippen molar-refractivity contribution in [2.45, 2.75) is 58.2 Å². The van der Waals surface area contributed by atoms with Gasteiger partial charge in [-0.1, -0.05) is 25.1 Å². The first-order valence-electron chi connectivity index (χ1n) is 11.4. The van der Waals surface area contributed by atoms with E-state index in [1.165, 1.54) is 30.9 Å². The van der Waals surface area contributed by atoms with Crippen LogP contribution in [0.5, 0.6) is 0 Å². The van der Waals surface area contributed by atoms with Crippen molar-refractivity contribution in [3.8, 4) is 0 Å². The van der Waals surface area contributed by atoms with Crippen molar-refractivity contribution in [3.05, 3.63) is 35.9 Å². The van der Waals surface area contributed by atoms with Crippen molar-refractivity contribution in [1.29, 1.82) is 0 Å². The summed E-state index contributed by atoms with van der Waals surface area (Å²) in [5.74, 6) is -6.03. The van der Waals surface area contributed by atoms with Gasteiger partial charge in [-0.05, 0) is 45.2 Å². The molecule has 2 unspecified atom stereocenters. The normalized spacial score (nSPS) is 19.1. The van der Waals surface area contributed by atoms with Crippen molar-refractivity contribution < 1.29 is 28.4 Å². The smallest absolute Gasteiger partial charge is 0.261 e. The molecular formula is C24H33FN4O5. The summed E-state index contributed by atoms with van der Waals surface area (Å²) in [5.41, 5.74) is 11.2. The highest BCUT2D eigenvalue weighted by atomic mass is 19.1. The number of halogens is 1. The summed E-state index contributed by atoms with van der Waals surface area (Å²) in [7, 11) is 0. The molecule has 0 bridgehead atoms. The third-order valence-electron chi connectivity index (χ3n) is 6.31. The molecule has 1 saturated heterocycles. The molecule has 0 aliphatic carbocycles. The molecule has 9 nitrogen and oxygen atoms in total. The zero-order chi connectivity index (χ0) is 25.6. The predicted octanol–water partition coefficient (Wildman–Crippen LogP) is 1.05. The van der Waals surface area contributed by atoms with Crippen molar-refractivity contribution >= 4 is 29.4 Å². The number of likely N-dealkylation sites (tertiary alicyclic amines) is 1. The van der Waals surface area contributed by atoms with E-state index in [2.05, 4.69) is 0 Å². The maximum Gasteiger partial charge on any atom is 0.261 e. The molecule has 0 spiro atoms. The Kier molecular flexibility index (Phi) is 9.43. The Hall–Kier alpha value is -3.14. The second-order valence-corrected chi connectivity index (χ2v) is 8.61. The highest BCUT2D eigenvalue weighted by Gasteiger charge is 2.44. The molecule has 0 radical (unpaired) electrons. The molecule has 34 heavy (non-hydrogen) atoms. The number of nitrogens with two attached hydrogens (primary N) is 2. The van der Waals surface area contributed by atoms with Gasteiger partial charge in [-0.25, -0.2) is 0 Å². The number of carbonyl (C=O) groups excluding carboxylic acids is 5. The summed E-state index contributed by atoms with van der Waals surface area (Å²) in [6.45, 7) is 3.56. The molecular weight excluding hydrogens is 443 g/mol. The van der Waals surface area contributed by atoms with Gasteiger partial charge in [-0.3, -0.25) is 33.3 Å². The van der Waals surface area contributed by atoms with E-state index in [1.807, 2.05) is 0 Å². The number of amides is 4. The maximum absolute atomic E-state index is 13.9. The lowest BCUT2D eigenvalue weighted by molar-refractivity contribution is -0.146. The molecule has 0 aromatic heterocycles. The van der Waals surface area contributed by atoms with Crippen molar-refractivity contribution in [2.24, 2.45) is 23.3 Å². The highest BCUT2D eigenvalue weighted by molar-refractivity contribution is 6.10. The molecule has 10 heteroatoms. The van der Waals surface area contributed by atoms with Crippen LogP contribution in [-0.4, -0.2) is 70.6 Å². The summed E-state index contributed by atoms with van der Waals surface area (Å²) in [6, 6.07) is 4.67. The quantitative estimate of drug-likeness (QED) is 0.483. The van der Waals surface area contributed by atoms with Crippen LogP contribution in [0.3, 0.4) is 0 Å². The topological polar surface area (TPSA) is 144 Å². The van der Waals surface area contributed by atoms with Gasteiger partial charge < -0.3 is 16.4 Å². The molecule has 4 amide bonds. The summed E-state index contributed by atoms with van der Waals surface area (Å²) in [6.07, 6.45) is 0.946. The number of nitrogens with zero attached hydrogens (tertiary/aromatic N) is 2. The molecule has 1 aromatic rings. The van der Waals surface area contributed by atoms with Gasteiger partial charge in [0.15, 0.2) is 5.78 Å². The Morgan fingerprint density at radius 2 is 1.74 bits per heavy atom. The second-order valence-electron chi connectivity index (χ2n) is 8.61. The monoisotopic (exact) mass is 476 g/mol. The lowest BCUT2D eigenvalue weighted by Gasteiger charge is -2.34. The van der Waals surface area contributed by atoms with E-state index in [0.717, 1.165) is 4.90 Å². The number of imide groups is 1. The predicted molar refractivity (Wildman–Crippen MR) is 123 cm³/mol. The zero-order valence-electron chi connectivity index (χ0n) is 19.8. The van der Waals surface area contributed by atoms with Gasteiger partial charge in [0.2, 0.25) is 11.8 Å². The van der Waals surface area contributed by atoms with Gasteiger partial charge in [0.25, 0.3) is 11.8 Å². The van der Waals surface area contributed by atoms with E-state index < -0.39 is 66.0 Å². The fourth-order valence-electron chi connectivity index (χ4n) is 4.40. The minimum Gasteiger partial charge on any atom is -0.369 e. The Morgan fingerprint density at radius 3 is 2.24 bits per heavy atom. The number of hydrogen-bond acceptors (Lipinski definition) is 6. The average molecular weight is 477 g/mol. The first-order chi connectivity index (χ1) is 16.1. The van der Waals surface area contributed by atoms with Crippen LogP contribution < -0.4 is 11.5 Å². The Bertz CT molecular complexity index is 923. The van der Waals surface area contributed by atoms with Gasteiger partial charge >= 0.3 is 0 Å². The molecule has 0 saturated carbocycles. The third-order valence-corrected chi connectivity index (χ3v) is 6.31. The van der Waals surface area contributed by atoms with Gasteiger partial charge in [-0.15, -0.1) is 0 Å². The average Bonchev–Trinajstić information content (AvgIpc) is 3.31. The standard InChI is InChI=1S/C24H33FN4O5/c1-4-17(21(27)31)18(13-25)20(30)15(3)29(23(33)16-9-6-5-7-10-16)24(34)19-11-8-12-28(19)22(32)14(2)26/h5-7,9-10,14-15,17-19H,4,8,11-13,26H2,1-3H3,(H2,27,31)/t14-,15-,17?,18?,19-/m0/s1. The largest absolute Gasteiger partial charge is 0.369 e. The van der Waals surface area contributed by atoms with Gasteiger partial charge in [0, 0.05) is 18.0 Å². The van der Waals surface area contributed by atoms with Crippen LogP contribution in [0.4, 0.5) is 4.39 Å². The highest BCUT2D eigenvalue weighted by Crippen LogP contribution is 2.26. The van der Waals surface area contributed by atoms with Crippen LogP contribution in [0.15, 0.2) is 30.3 Å². The van der Waals surface area contributed by atoms with Crippen LogP contribution in [-0.2, 0) is 19.2 Å². The zero-order valence-corrected chi connectivity index (χ0v) is 19.8. The summed E-state index contributed by atoms with van der Waals surface area (Å²) < 4.78 is 13.9. The molecule has 1 aliphatic heterocycles. The number of primary amides is 1. The Morgan fingerprint density at radius 1 is 1.12 bits per heavy atom. The number of carbonyl (C=O) groups is 5. The molecule has 1 fully saturated rings. The first-order valence-corrected chi connectivity index (χ1v) is 11.4. The molecule has 4 N–H and O–H groups in total. The van der Waals surface area contributed by atoms with Crippen LogP contribution >= 0.6 is 0 Å². The minimum absolute atomic E-state index is 0.127. The molecule has 186 valence electrons. The fraction of sp³-hybridized carbons (Fsp3) is 0.542. The summed E-state index contributed by atoms with van der Waals surface area (Å²) >= 11 is 0. The second kappa shape index (κ2) is 11.8. The lowest BCUT2D eigenvalue weighted by atomic mass is 9.84. The van der Waals surface area contributed by atoms with Gasteiger partial charge in [0.05, 0.1) is 24.7 Å². The molecule has 1 heterocycles. The van der Waals surface area contributed by atoms with E-state index >= 15 is 0 Å². The fourth-order valence-corrected chi connectivity index (χ4v) is 4.40. The Balaban J connectivity index is 2.48. The first kappa shape index (κ1) is 27.1. The molecule has 5 atom stereocenters. The molecule has 1 aliphatic rings. The van der Waals surface area contributed by atoms with E-state index in [-0.39, 0.29) is 12.0 Å². The van der Waals surface area contributed by atoms with E-state index in [1.54, 1.807) is 25.1 Å². The Labute approximate surface area is 198 Å². The number of hydrogen-bond donors (Lipinski definition) is 2. The van der Waals surface area contributed by atoms with Gasteiger partial charge in [-0.2, -0.15) is 0 Å². The molecule has 1 aromatic carbocycles. The van der Waals surface area contributed by atoms with Crippen molar-refractivity contribution in [3.63, 3.8) is 0 Å². The lowest BCUT2D eigenvalue weighted by Crippen LogP contribution is -2.57. The van der Waals surface area contributed by atoms with E-state index in [9.17, 15) is 28.4 Å². The van der Waals surface area contributed by atoms with Crippen LogP contribution in [0.2, 0.25) is 0 Å². The molecule has 2 rings (SSSR count). The number of alkyl halides is 1. The van der Waals surface area contributed by atoms with E-state index in [4.69, 9.17) is 11.5 Å². The summed E-state index contributed by atoms with van der Waals surface area (Å²) in [5, 5.41) is 0. The van der Waals surface area contributed by atoms with E-state index in [0.29, 0.717) is 19.4 Å². The van der Waals surface area contributed by atoms with Gasteiger partial charge in [0.1, 0.15) is 6.04 Å². The maximum atomic E-state index is 13.9. The SMILES string of the molecule is CCC(C(N)=O)C(CF)C(=O)[C@H](C)N(C(=O)c1ccccc1)C(=O)[C@@H]1CCCN1C(=O)[C@H](C)N.